The van der Waals surface area contributed by atoms with Crippen molar-refractivity contribution in [3.05, 3.63) is 131 Å². The van der Waals surface area contributed by atoms with Crippen LogP contribution in [0.2, 0.25) is 0 Å². The third-order valence-electron chi connectivity index (χ3n) is 10.6. The average molecular weight is 732 g/mol. The highest BCUT2D eigenvalue weighted by Gasteiger charge is 2.40. The van der Waals surface area contributed by atoms with E-state index in [0.29, 0.717) is 0 Å². The number of amides is 3. The predicted molar refractivity (Wildman–Crippen MR) is 204 cm³/mol. The summed E-state index contributed by atoms with van der Waals surface area (Å²) in [5.74, 6) is -0.810. The number of nitrogens with zero attached hydrogens (tertiary/aromatic N) is 2. The molecule has 4 atom stereocenters. The second-order valence-corrected chi connectivity index (χ2v) is 14.5. The van der Waals surface area contributed by atoms with Crippen molar-refractivity contribution in [1.82, 2.24) is 15.1 Å². The zero-order valence-corrected chi connectivity index (χ0v) is 30.6. The summed E-state index contributed by atoms with van der Waals surface area (Å²) in [6.45, 7) is 3.17. The van der Waals surface area contributed by atoms with Crippen molar-refractivity contribution in [2.75, 3.05) is 19.6 Å². The average Bonchev–Trinajstić information content (AvgIpc) is 3.45. The maximum atomic E-state index is 13.3. The minimum Gasteiger partial charge on any atom is -0.445 e. The molecule has 0 aromatic heterocycles. The monoisotopic (exact) mass is 731 g/mol. The third kappa shape index (κ3) is 9.43. The van der Waals surface area contributed by atoms with Crippen molar-refractivity contribution in [1.29, 1.82) is 0 Å². The minimum atomic E-state index is -0.980. The second kappa shape index (κ2) is 18.0. The molecule has 54 heavy (non-hydrogen) atoms. The van der Waals surface area contributed by atoms with Crippen molar-refractivity contribution in [2.45, 2.75) is 89.2 Å². The zero-order chi connectivity index (χ0) is 37.3. The van der Waals surface area contributed by atoms with Crippen molar-refractivity contribution >= 4 is 17.9 Å². The first-order valence-electron chi connectivity index (χ1n) is 19.2. The number of benzene rings is 4. The molecule has 0 radical (unpaired) electrons. The maximum absolute atomic E-state index is 13.3. The van der Waals surface area contributed by atoms with Crippen LogP contribution < -0.4 is 5.32 Å². The Hall–Kier alpha value is -4.87. The van der Waals surface area contributed by atoms with Gasteiger partial charge < -0.3 is 29.5 Å². The number of imide groups is 1. The summed E-state index contributed by atoms with van der Waals surface area (Å²) in [6, 6.07) is 32.0. The largest absolute Gasteiger partial charge is 0.445 e. The number of carbonyl (C=O) groups is 3. The molecule has 10 heteroatoms. The fourth-order valence-electron chi connectivity index (χ4n) is 7.62. The predicted octanol–water partition coefficient (Wildman–Crippen LogP) is 7.21. The highest BCUT2D eigenvalue weighted by molar-refractivity contribution is 6.06. The number of hydrogen-bond acceptors (Lipinski definition) is 8. The molecule has 3 heterocycles. The number of likely N-dealkylation sites (tertiary alicyclic amines) is 2. The minimum absolute atomic E-state index is 0.00101. The molecule has 4 aromatic carbocycles. The van der Waals surface area contributed by atoms with Crippen LogP contribution in [0.15, 0.2) is 103 Å². The Balaban J connectivity index is 1.03. The molecular weight excluding hydrogens is 682 g/mol. The fourth-order valence-corrected chi connectivity index (χ4v) is 7.62. The number of carbonyl (C=O) groups excluding carboxylic acids is 3. The summed E-state index contributed by atoms with van der Waals surface area (Å²) in [6.07, 6.45) is 5.44. The summed E-state index contributed by atoms with van der Waals surface area (Å²) in [7, 11) is 0. The Morgan fingerprint density at radius 2 is 1.46 bits per heavy atom. The number of aliphatic hydroxyl groups excluding tert-OH is 1. The summed E-state index contributed by atoms with van der Waals surface area (Å²) < 4.78 is 18.6. The lowest BCUT2D eigenvalue weighted by atomic mass is 9.97. The van der Waals surface area contributed by atoms with E-state index in [0.717, 1.165) is 65.0 Å². The van der Waals surface area contributed by atoms with Gasteiger partial charge in [0, 0.05) is 18.5 Å². The van der Waals surface area contributed by atoms with Gasteiger partial charge in [-0.2, -0.15) is 0 Å². The highest BCUT2D eigenvalue weighted by atomic mass is 16.7. The van der Waals surface area contributed by atoms with Gasteiger partial charge in [0.1, 0.15) is 12.6 Å². The van der Waals surface area contributed by atoms with Crippen molar-refractivity contribution in [3.63, 3.8) is 0 Å². The summed E-state index contributed by atoms with van der Waals surface area (Å²) in [5.41, 5.74) is 6.29. The van der Waals surface area contributed by atoms with E-state index in [1.165, 1.54) is 37.0 Å². The Morgan fingerprint density at radius 1 is 0.778 bits per heavy atom. The van der Waals surface area contributed by atoms with Crippen LogP contribution in [0.1, 0.15) is 85.2 Å². The van der Waals surface area contributed by atoms with Crippen molar-refractivity contribution in [3.8, 4) is 11.1 Å². The first-order valence-corrected chi connectivity index (χ1v) is 19.2. The van der Waals surface area contributed by atoms with Crippen LogP contribution in [0.5, 0.6) is 0 Å². The Labute approximate surface area is 317 Å². The standard InChI is InChI=1S/C44H49N3O7/c48-29-31-15-17-34(18-16-31)40-25-37(28-46-23-9-2-1-3-10-24-46)53-43(54-40)35-21-19-33(20-22-35)38-14-8-7-13-36(38)27-47-41(49)26-39(42(47)50)45-44(51)52-30-32-11-5-4-6-12-32/h4-8,11-22,37,39-40,43,48H,1-3,9-10,23-30H2,(H,45,51)/t37-,39?,40+,43+/m1/s1. The molecule has 0 aliphatic carbocycles. The number of nitrogens with one attached hydrogen (secondary N) is 1. The summed E-state index contributed by atoms with van der Waals surface area (Å²) in [4.78, 5) is 42.6. The molecule has 3 fully saturated rings. The maximum Gasteiger partial charge on any atom is 0.408 e. The second-order valence-electron chi connectivity index (χ2n) is 14.5. The lowest BCUT2D eigenvalue weighted by molar-refractivity contribution is -0.253. The molecule has 10 nitrogen and oxygen atoms in total. The quantitative estimate of drug-likeness (QED) is 0.156. The first-order chi connectivity index (χ1) is 26.4. The topological polar surface area (TPSA) is 118 Å². The van der Waals surface area contributed by atoms with Gasteiger partial charge in [0.15, 0.2) is 6.29 Å². The normalized spacial score (nSPS) is 22.4. The molecular formula is C44H49N3O7. The molecule has 2 N–H and O–H groups in total. The van der Waals surface area contributed by atoms with Crippen LogP contribution >= 0.6 is 0 Å². The van der Waals surface area contributed by atoms with Crippen LogP contribution in [-0.4, -0.2) is 64.6 Å². The van der Waals surface area contributed by atoms with E-state index in [-0.39, 0.29) is 44.3 Å². The van der Waals surface area contributed by atoms with Crippen molar-refractivity contribution in [2.24, 2.45) is 0 Å². The van der Waals surface area contributed by atoms with E-state index in [1.54, 1.807) is 0 Å². The number of rotatable bonds is 11. The van der Waals surface area contributed by atoms with Gasteiger partial charge in [0.25, 0.3) is 5.91 Å². The van der Waals surface area contributed by atoms with Crippen LogP contribution in [0.4, 0.5) is 4.79 Å². The van der Waals surface area contributed by atoms with E-state index in [9.17, 15) is 19.5 Å². The fraction of sp³-hybridized carbons (Fsp3) is 0.386. The van der Waals surface area contributed by atoms with E-state index in [4.69, 9.17) is 14.2 Å². The molecule has 282 valence electrons. The molecule has 3 saturated heterocycles. The van der Waals surface area contributed by atoms with Gasteiger partial charge in [-0.25, -0.2) is 4.79 Å². The van der Waals surface area contributed by atoms with Crippen LogP contribution in [0, 0.1) is 0 Å². The van der Waals surface area contributed by atoms with E-state index >= 15 is 0 Å². The highest BCUT2D eigenvalue weighted by Crippen LogP contribution is 2.39. The molecule has 4 aromatic rings. The summed E-state index contributed by atoms with van der Waals surface area (Å²) in [5, 5.41) is 12.2. The third-order valence-corrected chi connectivity index (χ3v) is 10.6. The van der Waals surface area contributed by atoms with Crippen LogP contribution in [0.25, 0.3) is 11.1 Å². The smallest absolute Gasteiger partial charge is 0.408 e. The molecule has 3 amide bonds. The first kappa shape index (κ1) is 37.4. The lowest BCUT2D eigenvalue weighted by Gasteiger charge is -2.39. The number of ether oxygens (including phenoxy) is 3. The van der Waals surface area contributed by atoms with E-state index in [2.05, 4.69) is 10.2 Å². The Kier molecular flexibility index (Phi) is 12.5. The molecule has 7 rings (SSSR count). The van der Waals surface area contributed by atoms with Crippen LogP contribution in [-0.2, 0) is 43.6 Å². The molecule has 0 bridgehead atoms. The number of alkyl carbamates (subject to hydrolysis) is 1. The lowest BCUT2D eigenvalue weighted by Crippen LogP contribution is -2.41. The van der Waals surface area contributed by atoms with Gasteiger partial charge in [-0.1, -0.05) is 122 Å². The van der Waals surface area contributed by atoms with Gasteiger partial charge in [-0.3, -0.25) is 14.5 Å². The van der Waals surface area contributed by atoms with Gasteiger partial charge >= 0.3 is 6.09 Å². The van der Waals surface area contributed by atoms with E-state index < -0.39 is 24.3 Å². The zero-order valence-electron chi connectivity index (χ0n) is 30.6. The van der Waals surface area contributed by atoms with Gasteiger partial charge in [0.2, 0.25) is 5.91 Å². The molecule has 3 aliphatic heterocycles. The van der Waals surface area contributed by atoms with Gasteiger partial charge in [0.05, 0.1) is 31.8 Å². The van der Waals surface area contributed by atoms with Crippen LogP contribution in [0.3, 0.4) is 0 Å². The van der Waals surface area contributed by atoms with Gasteiger partial charge in [-0.05, 0) is 59.3 Å². The SMILES string of the molecule is O=C(NC1CC(=O)N(Cc2ccccc2-c2ccc([C@H]3O[C@@H](CN4CCCCCCC4)C[C@@H](c4ccc(CO)cc4)O3)cc2)C1=O)OCc1ccccc1. The molecule has 1 unspecified atom stereocenters. The molecule has 3 aliphatic rings. The van der Waals surface area contributed by atoms with Gasteiger partial charge in [-0.15, -0.1) is 0 Å². The summed E-state index contributed by atoms with van der Waals surface area (Å²) >= 11 is 0. The number of hydrogen-bond donors (Lipinski definition) is 2. The van der Waals surface area contributed by atoms with Crippen molar-refractivity contribution < 1.29 is 33.7 Å². The Bertz CT molecular complexity index is 1860. The number of aliphatic hydroxyl groups is 1. The molecule has 0 saturated carbocycles. The van der Waals surface area contributed by atoms with E-state index in [1.807, 2.05) is 103 Å². The molecule has 0 spiro atoms. The Morgan fingerprint density at radius 3 is 2.20 bits per heavy atom.